The molecule has 0 bridgehead atoms. The van der Waals surface area contributed by atoms with E-state index in [1.807, 2.05) is 17.9 Å². The molecule has 0 aliphatic carbocycles. The third kappa shape index (κ3) is 4.10. The lowest BCUT2D eigenvalue weighted by atomic mass is 9.96. The Hall–Kier alpha value is -2.57. The molecule has 1 aliphatic rings. The summed E-state index contributed by atoms with van der Waals surface area (Å²) in [6.45, 7) is 4.00. The lowest BCUT2D eigenvalue weighted by Gasteiger charge is -2.31. The minimum absolute atomic E-state index is 0.0439. The smallest absolute Gasteiger partial charge is 0.289 e. The van der Waals surface area contributed by atoms with Crippen molar-refractivity contribution in [2.45, 2.75) is 26.2 Å². The molecule has 1 fully saturated rings. The minimum Gasteiger partial charge on any atom is -0.456 e. The molecule has 7 nitrogen and oxygen atoms in total. The molecule has 0 saturated carbocycles. The van der Waals surface area contributed by atoms with Crippen LogP contribution in [0.4, 0.5) is 0 Å². The molecular formula is C18H24N4O3. The second kappa shape index (κ2) is 7.55. The zero-order valence-electron chi connectivity index (χ0n) is 14.7. The molecule has 2 aromatic heterocycles. The third-order valence-electron chi connectivity index (χ3n) is 4.64. The van der Waals surface area contributed by atoms with Crippen molar-refractivity contribution < 1.29 is 14.0 Å². The first-order valence-electron chi connectivity index (χ1n) is 8.71. The van der Waals surface area contributed by atoms with E-state index >= 15 is 0 Å². The zero-order chi connectivity index (χ0) is 17.8. The maximum absolute atomic E-state index is 12.4. The highest BCUT2D eigenvalue weighted by atomic mass is 16.4. The molecule has 0 unspecified atom stereocenters. The van der Waals surface area contributed by atoms with Crippen LogP contribution in [0, 0.1) is 5.92 Å². The number of rotatable bonds is 5. The Balaban J connectivity index is 1.45. The fourth-order valence-electron chi connectivity index (χ4n) is 3.06. The Labute approximate surface area is 147 Å². The number of hydrogen-bond acceptors (Lipinski definition) is 4. The van der Waals surface area contributed by atoms with Gasteiger partial charge in [-0.25, -0.2) is 0 Å². The van der Waals surface area contributed by atoms with E-state index in [9.17, 15) is 9.59 Å². The van der Waals surface area contributed by atoms with E-state index in [1.165, 1.54) is 0 Å². The summed E-state index contributed by atoms with van der Waals surface area (Å²) in [6.07, 6.45) is 5.79. The summed E-state index contributed by atoms with van der Waals surface area (Å²) >= 11 is 0. The molecule has 2 amide bonds. The number of aryl methyl sites for hydroxylation is 2. The van der Waals surface area contributed by atoms with Gasteiger partial charge >= 0.3 is 0 Å². The van der Waals surface area contributed by atoms with E-state index in [0.29, 0.717) is 36.9 Å². The topological polar surface area (TPSA) is 80.4 Å². The van der Waals surface area contributed by atoms with Gasteiger partial charge in [0.25, 0.3) is 11.8 Å². The Morgan fingerprint density at radius 1 is 1.32 bits per heavy atom. The molecule has 7 heteroatoms. The van der Waals surface area contributed by atoms with E-state index in [4.69, 9.17) is 4.42 Å². The van der Waals surface area contributed by atoms with Gasteiger partial charge in [-0.05, 0) is 30.9 Å². The maximum atomic E-state index is 12.4. The molecule has 134 valence electrons. The highest BCUT2D eigenvalue weighted by Gasteiger charge is 2.25. The van der Waals surface area contributed by atoms with Crippen molar-refractivity contribution in [2.24, 2.45) is 13.0 Å². The van der Waals surface area contributed by atoms with Gasteiger partial charge in [0.1, 0.15) is 5.76 Å². The van der Waals surface area contributed by atoms with E-state index < -0.39 is 0 Å². The summed E-state index contributed by atoms with van der Waals surface area (Å²) in [7, 11) is 1.78. The van der Waals surface area contributed by atoms with Gasteiger partial charge in [0.05, 0.1) is 11.8 Å². The summed E-state index contributed by atoms with van der Waals surface area (Å²) in [6, 6.07) is 3.61. The number of carbonyl (C=O) groups is 2. The van der Waals surface area contributed by atoms with Crippen molar-refractivity contribution in [3.63, 3.8) is 0 Å². The SMILES string of the molecule is CCc1ccc(C(=O)N2CCC(CNC(=O)c3cnn(C)c3)CC2)o1. The van der Waals surface area contributed by atoms with Crippen molar-refractivity contribution in [1.82, 2.24) is 20.0 Å². The number of nitrogens with one attached hydrogen (secondary N) is 1. The summed E-state index contributed by atoms with van der Waals surface area (Å²) in [4.78, 5) is 26.3. The molecule has 1 N–H and O–H groups in total. The Morgan fingerprint density at radius 2 is 2.08 bits per heavy atom. The van der Waals surface area contributed by atoms with Crippen LogP contribution in [0.15, 0.2) is 28.9 Å². The molecule has 3 heterocycles. The van der Waals surface area contributed by atoms with Gasteiger partial charge in [-0.2, -0.15) is 5.10 Å². The molecule has 1 saturated heterocycles. The molecule has 0 aromatic carbocycles. The Morgan fingerprint density at radius 3 is 2.68 bits per heavy atom. The Kier molecular flexibility index (Phi) is 5.21. The predicted octanol–water partition coefficient (Wildman–Crippen LogP) is 1.86. The molecule has 0 spiro atoms. The molecule has 3 rings (SSSR count). The number of nitrogens with zero attached hydrogens (tertiary/aromatic N) is 3. The number of amides is 2. The van der Waals surface area contributed by atoms with Gasteiger partial charge in [-0.1, -0.05) is 6.92 Å². The highest BCUT2D eigenvalue weighted by Crippen LogP contribution is 2.19. The van der Waals surface area contributed by atoms with Crippen LogP contribution in [0.5, 0.6) is 0 Å². The van der Waals surface area contributed by atoms with Crippen LogP contribution >= 0.6 is 0 Å². The second-order valence-electron chi connectivity index (χ2n) is 6.47. The minimum atomic E-state index is -0.103. The van der Waals surface area contributed by atoms with Gasteiger partial charge in [-0.3, -0.25) is 14.3 Å². The number of furan rings is 1. The second-order valence-corrected chi connectivity index (χ2v) is 6.47. The van der Waals surface area contributed by atoms with Crippen molar-refractivity contribution in [3.8, 4) is 0 Å². The fourth-order valence-corrected chi connectivity index (χ4v) is 3.06. The lowest BCUT2D eigenvalue weighted by molar-refractivity contribution is 0.0651. The maximum Gasteiger partial charge on any atom is 0.289 e. The zero-order valence-corrected chi connectivity index (χ0v) is 14.7. The average Bonchev–Trinajstić information content (AvgIpc) is 3.28. The van der Waals surface area contributed by atoms with Crippen molar-refractivity contribution >= 4 is 11.8 Å². The molecule has 1 aliphatic heterocycles. The number of hydrogen-bond donors (Lipinski definition) is 1. The van der Waals surface area contributed by atoms with Gasteiger partial charge in [-0.15, -0.1) is 0 Å². The summed E-state index contributed by atoms with van der Waals surface area (Å²) in [5, 5.41) is 6.96. The van der Waals surface area contributed by atoms with Gasteiger partial charge in [0.2, 0.25) is 0 Å². The van der Waals surface area contributed by atoms with Crippen LogP contribution in [0.3, 0.4) is 0 Å². The molecule has 25 heavy (non-hydrogen) atoms. The summed E-state index contributed by atoms with van der Waals surface area (Å²) in [5.41, 5.74) is 0.569. The van der Waals surface area contributed by atoms with Crippen LogP contribution < -0.4 is 5.32 Å². The number of piperidine rings is 1. The van der Waals surface area contributed by atoms with Crippen LogP contribution in [-0.4, -0.2) is 46.1 Å². The standard InChI is InChI=1S/C18H24N4O3/c1-3-15-4-5-16(25-15)18(24)22-8-6-13(7-9-22)10-19-17(23)14-11-20-21(2)12-14/h4-5,11-13H,3,6-10H2,1-2H3,(H,19,23). The molecule has 0 radical (unpaired) electrons. The van der Waals surface area contributed by atoms with Crippen molar-refractivity contribution in [1.29, 1.82) is 0 Å². The van der Waals surface area contributed by atoms with Gasteiger partial charge in [0, 0.05) is 39.3 Å². The van der Waals surface area contributed by atoms with Crippen LogP contribution in [-0.2, 0) is 13.5 Å². The van der Waals surface area contributed by atoms with E-state index in [1.54, 1.807) is 30.2 Å². The number of likely N-dealkylation sites (tertiary alicyclic amines) is 1. The van der Waals surface area contributed by atoms with Crippen LogP contribution in [0.25, 0.3) is 0 Å². The first kappa shape index (κ1) is 17.3. The molecular weight excluding hydrogens is 320 g/mol. The largest absolute Gasteiger partial charge is 0.456 e. The van der Waals surface area contributed by atoms with E-state index in [2.05, 4.69) is 10.4 Å². The quantitative estimate of drug-likeness (QED) is 0.898. The summed E-state index contributed by atoms with van der Waals surface area (Å²) in [5.74, 6) is 1.48. The first-order valence-corrected chi connectivity index (χ1v) is 8.71. The van der Waals surface area contributed by atoms with Crippen molar-refractivity contribution in [3.05, 3.63) is 41.6 Å². The van der Waals surface area contributed by atoms with Crippen molar-refractivity contribution in [2.75, 3.05) is 19.6 Å². The first-order chi connectivity index (χ1) is 12.1. The van der Waals surface area contributed by atoms with Crippen LogP contribution in [0.2, 0.25) is 0 Å². The monoisotopic (exact) mass is 344 g/mol. The van der Waals surface area contributed by atoms with E-state index in [0.717, 1.165) is 25.0 Å². The summed E-state index contributed by atoms with van der Waals surface area (Å²) < 4.78 is 7.16. The third-order valence-corrected chi connectivity index (χ3v) is 4.64. The predicted molar refractivity (Wildman–Crippen MR) is 92.3 cm³/mol. The highest BCUT2D eigenvalue weighted by molar-refractivity contribution is 5.93. The van der Waals surface area contributed by atoms with Gasteiger partial charge < -0.3 is 14.6 Å². The van der Waals surface area contributed by atoms with E-state index in [-0.39, 0.29) is 11.8 Å². The number of aromatic nitrogens is 2. The lowest BCUT2D eigenvalue weighted by Crippen LogP contribution is -2.41. The van der Waals surface area contributed by atoms with Gasteiger partial charge in [0.15, 0.2) is 5.76 Å². The normalized spacial score (nSPS) is 15.4. The number of carbonyl (C=O) groups excluding carboxylic acids is 2. The fraction of sp³-hybridized carbons (Fsp3) is 0.500. The Bertz CT molecular complexity index is 741. The average molecular weight is 344 g/mol. The molecule has 0 atom stereocenters. The molecule has 2 aromatic rings. The van der Waals surface area contributed by atoms with Crippen LogP contribution in [0.1, 0.15) is 46.4 Å².